The summed E-state index contributed by atoms with van der Waals surface area (Å²) in [6.07, 6.45) is 15.1. The van der Waals surface area contributed by atoms with Gasteiger partial charge >= 0.3 is 5.97 Å². The number of methoxy groups -OCH3 is 1. The first-order valence-electron chi connectivity index (χ1n) is 11.4. The number of thiophene rings is 1. The van der Waals surface area contributed by atoms with Crippen LogP contribution in [0.1, 0.15) is 86.2 Å². The molecule has 0 aliphatic heterocycles. The monoisotopic (exact) mass is 431 g/mol. The second kappa shape index (κ2) is 12.3. The summed E-state index contributed by atoms with van der Waals surface area (Å²) in [5, 5.41) is 19.1. The van der Waals surface area contributed by atoms with Gasteiger partial charge in [0, 0.05) is 10.8 Å². The zero-order chi connectivity index (χ0) is 22.0. The van der Waals surface area contributed by atoms with Crippen LogP contribution in [0.2, 0.25) is 0 Å². The van der Waals surface area contributed by atoms with Crippen molar-refractivity contribution < 1.29 is 14.6 Å². The Hall–Kier alpha value is -1.64. The molecule has 0 aromatic carbocycles. The predicted octanol–water partition coefficient (Wildman–Crippen LogP) is 6.30. The third-order valence-corrected chi connectivity index (χ3v) is 7.85. The number of hydrogen-bond donors (Lipinski definition) is 1. The maximum Gasteiger partial charge on any atom is 0.348 e. The van der Waals surface area contributed by atoms with Gasteiger partial charge in [-0.15, -0.1) is 11.3 Å². The van der Waals surface area contributed by atoms with Crippen molar-refractivity contribution >= 4 is 17.3 Å². The molecule has 0 spiro atoms. The number of nitriles is 1. The number of hydrogen-bond acceptors (Lipinski definition) is 5. The fourth-order valence-corrected chi connectivity index (χ4v) is 5.51. The molecular formula is C25H37NO3S. The van der Waals surface area contributed by atoms with Crippen LogP contribution in [0, 0.1) is 28.6 Å². The summed E-state index contributed by atoms with van der Waals surface area (Å²) in [5.74, 6) is 0.598. The number of aryl methyl sites for hydroxylation is 1. The molecule has 166 valence electrons. The highest BCUT2D eigenvalue weighted by Gasteiger charge is 2.40. The first kappa shape index (κ1) is 24.6. The van der Waals surface area contributed by atoms with Gasteiger partial charge in [0.25, 0.3) is 0 Å². The van der Waals surface area contributed by atoms with E-state index in [0.29, 0.717) is 10.8 Å². The van der Waals surface area contributed by atoms with E-state index in [2.05, 4.69) is 36.8 Å². The van der Waals surface area contributed by atoms with Crippen LogP contribution in [0.3, 0.4) is 0 Å². The zero-order valence-electron chi connectivity index (χ0n) is 18.7. The molecule has 2 saturated carbocycles. The smallest absolute Gasteiger partial charge is 0.348 e. The first-order chi connectivity index (χ1) is 14.5. The summed E-state index contributed by atoms with van der Waals surface area (Å²) >= 11 is 1.52. The quantitative estimate of drug-likeness (QED) is 0.387. The molecule has 1 N–H and O–H groups in total. The third-order valence-electron chi connectivity index (χ3n) is 6.73. The van der Waals surface area contributed by atoms with Crippen LogP contribution < -0.4 is 0 Å². The normalized spacial score (nSPS) is 23.2. The maximum atomic E-state index is 11.0. The van der Waals surface area contributed by atoms with Crippen molar-refractivity contribution in [2.24, 2.45) is 17.3 Å². The SMILES string of the molecule is CCC1(C(O)C/C=C/[C@H]2CC[C@@H](C#N)C2)CCC1.CCCc1ccc(C(=O)OC)s1. The van der Waals surface area contributed by atoms with Crippen molar-refractivity contribution in [1.29, 1.82) is 5.26 Å². The number of nitrogens with zero attached hydrogens (tertiary/aromatic N) is 1. The van der Waals surface area contributed by atoms with E-state index >= 15 is 0 Å². The van der Waals surface area contributed by atoms with Crippen molar-refractivity contribution in [3.8, 4) is 6.07 Å². The Kier molecular flexibility index (Phi) is 10.1. The lowest BCUT2D eigenvalue weighted by Crippen LogP contribution is -2.40. The second-order valence-electron chi connectivity index (χ2n) is 8.66. The topological polar surface area (TPSA) is 70.3 Å². The number of esters is 1. The standard InChI is InChI=1S/C16H25NO.C9H12O2S/c1-2-16(9-4-10-16)15(18)6-3-5-13-7-8-14(11-13)12-17;1-3-4-7-5-6-8(12-7)9(10)11-2/h3,5,13-15,18H,2,4,6-11H2,1H3;5-6H,3-4H2,1-2H3/b5-3+;/t13-,14+,15?;/m0./s1. The van der Waals surface area contributed by atoms with Gasteiger partial charge in [0.05, 0.1) is 19.3 Å². The fraction of sp³-hybridized carbons (Fsp3) is 0.680. The summed E-state index contributed by atoms with van der Waals surface area (Å²) in [6.45, 7) is 4.32. The van der Waals surface area contributed by atoms with Crippen LogP contribution >= 0.6 is 11.3 Å². The number of carbonyl (C=O) groups excluding carboxylic acids is 1. The van der Waals surface area contributed by atoms with Crippen LogP contribution in [0.15, 0.2) is 24.3 Å². The minimum absolute atomic E-state index is 0.166. The number of aliphatic hydroxyl groups is 1. The van der Waals surface area contributed by atoms with E-state index in [1.165, 1.54) is 42.6 Å². The molecule has 0 bridgehead atoms. The number of rotatable bonds is 8. The van der Waals surface area contributed by atoms with Crippen LogP contribution in [0.4, 0.5) is 0 Å². The van der Waals surface area contributed by atoms with Crippen LogP contribution in [0.25, 0.3) is 0 Å². The lowest BCUT2D eigenvalue weighted by atomic mass is 9.63. The van der Waals surface area contributed by atoms with E-state index in [1.54, 1.807) is 0 Å². The Morgan fingerprint density at radius 3 is 2.70 bits per heavy atom. The molecule has 2 aliphatic carbocycles. The summed E-state index contributed by atoms with van der Waals surface area (Å²) in [6, 6.07) is 6.17. The Morgan fingerprint density at radius 2 is 2.17 bits per heavy atom. The highest BCUT2D eigenvalue weighted by molar-refractivity contribution is 7.13. The molecule has 3 atom stereocenters. The van der Waals surface area contributed by atoms with E-state index < -0.39 is 0 Å². The van der Waals surface area contributed by atoms with Gasteiger partial charge in [-0.1, -0.05) is 38.8 Å². The van der Waals surface area contributed by atoms with E-state index in [9.17, 15) is 9.90 Å². The van der Waals surface area contributed by atoms with Crippen molar-refractivity contribution in [3.05, 3.63) is 34.0 Å². The molecule has 30 heavy (non-hydrogen) atoms. The number of ether oxygens (including phenoxy) is 1. The molecule has 2 aliphatic rings. The fourth-order valence-electron chi connectivity index (χ4n) is 4.48. The van der Waals surface area contributed by atoms with Gasteiger partial charge < -0.3 is 9.84 Å². The summed E-state index contributed by atoms with van der Waals surface area (Å²) in [4.78, 5) is 13.0. The average Bonchev–Trinajstić information content (AvgIpc) is 3.37. The zero-order valence-corrected chi connectivity index (χ0v) is 19.5. The molecule has 3 rings (SSSR count). The summed E-state index contributed by atoms with van der Waals surface area (Å²) < 4.78 is 4.60. The van der Waals surface area contributed by atoms with E-state index in [1.807, 2.05) is 12.1 Å². The minimum Gasteiger partial charge on any atom is -0.465 e. The molecule has 0 amide bonds. The van der Waals surface area contributed by atoms with Crippen LogP contribution in [-0.2, 0) is 11.2 Å². The summed E-state index contributed by atoms with van der Waals surface area (Å²) in [7, 11) is 1.40. The van der Waals surface area contributed by atoms with Crippen molar-refractivity contribution in [2.45, 2.75) is 84.2 Å². The number of allylic oxidation sites excluding steroid dienone is 1. The van der Waals surface area contributed by atoms with Gasteiger partial charge in [-0.25, -0.2) is 4.79 Å². The largest absolute Gasteiger partial charge is 0.465 e. The van der Waals surface area contributed by atoms with Gasteiger partial charge in [0.1, 0.15) is 4.88 Å². The van der Waals surface area contributed by atoms with Crippen LogP contribution in [0.5, 0.6) is 0 Å². The van der Waals surface area contributed by atoms with Crippen molar-refractivity contribution in [3.63, 3.8) is 0 Å². The van der Waals surface area contributed by atoms with Crippen molar-refractivity contribution in [1.82, 2.24) is 0 Å². The lowest BCUT2D eigenvalue weighted by molar-refractivity contribution is -0.0355. The van der Waals surface area contributed by atoms with E-state index in [-0.39, 0.29) is 23.4 Å². The van der Waals surface area contributed by atoms with Crippen LogP contribution in [-0.4, -0.2) is 24.3 Å². The average molecular weight is 432 g/mol. The molecule has 1 unspecified atom stereocenters. The Morgan fingerprint density at radius 1 is 1.40 bits per heavy atom. The molecule has 0 saturated heterocycles. The van der Waals surface area contributed by atoms with Gasteiger partial charge in [-0.05, 0) is 74.8 Å². The van der Waals surface area contributed by atoms with Gasteiger partial charge in [0.2, 0.25) is 0 Å². The van der Waals surface area contributed by atoms with Gasteiger partial charge in [-0.2, -0.15) is 5.26 Å². The molecular weight excluding hydrogens is 394 g/mol. The highest BCUT2D eigenvalue weighted by atomic mass is 32.1. The van der Waals surface area contributed by atoms with Gasteiger partial charge in [-0.3, -0.25) is 0 Å². The summed E-state index contributed by atoms with van der Waals surface area (Å²) in [5.41, 5.74) is 0.217. The third kappa shape index (κ3) is 6.68. The molecule has 1 heterocycles. The number of carbonyl (C=O) groups is 1. The van der Waals surface area contributed by atoms with E-state index in [4.69, 9.17) is 5.26 Å². The molecule has 0 radical (unpaired) electrons. The first-order valence-corrected chi connectivity index (χ1v) is 12.2. The Balaban J connectivity index is 0.000000232. The van der Waals surface area contributed by atoms with Gasteiger partial charge in [0.15, 0.2) is 0 Å². The van der Waals surface area contributed by atoms with Crippen molar-refractivity contribution in [2.75, 3.05) is 7.11 Å². The highest BCUT2D eigenvalue weighted by Crippen LogP contribution is 2.47. The minimum atomic E-state index is -0.234. The Bertz CT molecular complexity index is 723. The molecule has 1 aromatic heterocycles. The number of aliphatic hydroxyl groups excluding tert-OH is 1. The molecule has 5 heteroatoms. The Labute approximate surface area is 186 Å². The second-order valence-corrected chi connectivity index (χ2v) is 9.82. The molecule has 4 nitrogen and oxygen atoms in total. The molecule has 1 aromatic rings. The molecule has 2 fully saturated rings. The van der Waals surface area contributed by atoms with E-state index in [0.717, 1.165) is 44.9 Å². The predicted molar refractivity (Wildman–Crippen MR) is 122 cm³/mol. The lowest BCUT2D eigenvalue weighted by Gasteiger charge is -2.45. The maximum absolute atomic E-state index is 11.0.